The first-order valence-electron chi connectivity index (χ1n) is 2.84. The summed E-state index contributed by atoms with van der Waals surface area (Å²) in [6, 6.07) is 0. The van der Waals surface area contributed by atoms with E-state index in [0.717, 1.165) is 0 Å². The van der Waals surface area contributed by atoms with Gasteiger partial charge in [-0.05, 0) is 12.8 Å². The molecule has 0 saturated heterocycles. The molecule has 0 fully saturated rings. The normalized spacial score (nSPS) is 11.9. The molecule has 0 amide bonds. The Labute approximate surface area is 58.9 Å². The maximum Gasteiger partial charge on any atom is 0.0596 e. The molecule has 0 rings (SSSR count). The van der Waals surface area contributed by atoms with Crippen molar-refractivity contribution in [1.82, 2.24) is 0 Å². The van der Waals surface area contributed by atoms with E-state index >= 15 is 0 Å². The number of aliphatic hydroxyl groups excluding tert-OH is 1. The van der Waals surface area contributed by atoms with Crippen molar-refractivity contribution in [2.45, 2.75) is 12.8 Å². The molecule has 0 aromatic rings. The zero-order chi connectivity index (χ0) is 8.04. The van der Waals surface area contributed by atoms with Gasteiger partial charge in [-0.1, -0.05) is 0 Å². The van der Waals surface area contributed by atoms with E-state index in [1.165, 1.54) is 0 Å². The molecule has 0 aromatic heterocycles. The number of aliphatic hydroxyl groups is 1. The first-order chi connectivity index (χ1) is 4.56. The first-order valence-corrected chi connectivity index (χ1v) is 4.30. The van der Waals surface area contributed by atoms with Crippen molar-refractivity contribution in [2.75, 3.05) is 13.2 Å². The molecule has 0 spiro atoms. The predicted octanol–water partition coefficient (Wildman–Crippen LogP) is -1.40. The lowest BCUT2D eigenvalue weighted by Crippen LogP contribution is -2.16. The molecule has 6 heteroatoms. The van der Waals surface area contributed by atoms with Gasteiger partial charge in [0.2, 0.25) is 0 Å². The molecule has 0 saturated carbocycles. The minimum absolute atomic E-state index is 0.0224. The van der Waals surface area contributed by atoms with Gasteiger partial charge in [0.1, 0.15) is 0 Å². The zero-order valence-corrected chi connectivity index (χ0v) is 6.25. The average molecular weight is 168 g/mol. The molecule has 0 aliphatic heterocycles. The standard InChI is InChI=1S/C4H11O5P/c5-3-1-2-4-9-10(6,7)8/h5H,1-4H2,(H2,6,7,8)/p-2. The summed E-state index contributed by atoms with van der Waals surface area (Å²) in [5.41, 5.74) is 0. The summed E-state index contributed by atoms with van der Waals surface area (Å²) in [5.74, 6) is 0. The molecule has 0 heterocycles. The average Bonchev–Trinajstić information content (AvgIpc) is 1.78. The van der Waals surface area contributed by atoms with Gasteiger partial charge in [0.25, 0.3) is 0 Å². The first kappa shape index (κ1) is 10.1. The second kappa shape index (κ2) is 4.82. The van der Waals surface area contributed by atoms with Crippen LogP contribution in [0.2, 0.25) is 0 Å². The van der Waals surface area contributed by atoms with Crippen LogP contribution in [0.3, 0.4) is 0 Å². The summed E-state index contributed by atoms with van der Waals surface area (Å²) in [6.07, 6.45) is 0.824. The van der Waals surface area contributed by atoms with Crippen LogP contribution in [0.1, 0.15) is 12.8 Å². The molecule has 0 aromatic carbocycles. The van der Waals surface area contributed by atoms with Crippen molar-refractivity contribution in [2.24, 2.45) is 0 Å². The Balaban J connectivity index is 3.13. The quantitative estimate of drug-likeness (QED) is 0.402. The van der Waals surface area contributed by atoms with Crippen LogP contribution in [0.15, 0.2) is 0 Å². The van der Waals surface area contributed by atoms with Crippen molar-refractivity contribution in [3.05, 3.63) is 0 Å². The predicted molar refractivity (Wildman–Crippen MR) is 29.9 cm³/mol. The minimum Gasteiger partial charge on any atom is -0.790 e. The molecule has 0 aliphatic carbocycles. The highest BCUT2D eigenvalue weighted by molar-refractivity contribution is 7.43. The summed E-state index contributed by atoms with van der Waals surface area (Å²) in [6.45, 7) is -0.157. The van der Waals surface area contributed by atoms with Crippen molar-refractivity contribution >= 4 is 7.82 Å². The SMILES string of the molecule is O=P([O-])([O-])OCCCCO. The number of hydrogen-bond donors (Lipinski definition) is 1. The van der Waals surface area contributed by atoms with Crippen LogP contribution < -0.4 is 9.79 Å². The van der Waals surface area contributed by atoms with Gasteiger partial charge in [-0.25, -0.2) is 0 Å². The van der Waals surface area contributed by atoms with Crippen LogP contribution in [0.4, 0.5) is 0 Å². The van der Waals surface area contributed by atoms with Gasteiger partial charge in [-0.3, -0.25) is 0 Å². The van der Waals surface area contributed by atoms with Gasteiger partial charge in [0, 0.05) is 6.61 Å². The summed E-state index contributed by atoms with van der Waals surface area (Å²) in [7, 11) is -4.79. The maximum absolute atomic E-state index is 9.78. The molecule has 0 aliphatic rings. The van der Waals surface area contributed by atoms with Gasteiger partial charge in [0.05, 0.1) is 14.4 Å². The van der Waals surface area contributed by atoms with Gasteiger partial charge in [-0.2, -0.15) is 0 Å². The smallest absolute Gasteiger partial charge is 0.0596 e. The second-order valence-corrected chi connectivity index (χ2v) is 2.86. The third kappa shape index (κ3) is 8.07. The van der Waals surface area contributed by atoms with Crippen molar-refractivity contribution in [3.8, 4) is 0 Å². The largest absolute Gasteiger partial charge is 0.790 e. The highest BCUT2D eigenvalue weighted by Crippen LogP contribution is 2.24. The molecule has 0 atom stereocenters. The van der Waals surface area contributed by atoms with Crippen LogP contribution in [0.25, 0.3) is 0 Å². The van der Waals surface area contributed by atoms with Crippen molar-refractivity contribution in [1.29, 1.82) is 0 Å². The molecule has 62 valence electrons. The fourth-order valence-electron chi connectivity index (χ4n) is 0.390. The van der Waals surface area contributed by atoms with E-state index in [4.69, 9.17) is 5.11 Å². The lowest BCUT2D eigenvalue weighted by molar-refractivity contribution is -0.341. The van der Waals surface area contributed by atoms with E-state index in [1.807, 2.05) is 0 Å². The summed E-state index contributed by atoms with van der Waals surface area (Å²) in [4.78, 5) is 19.6. The van der Waals surface area contributed by atoms with E-state index in [-0.39, 0.29) is 13.2 Å². The Hall–Kier alpha value is 0.0700. The van der Waals surface area contributed by atoms with Gasteiger partial charge in [0.15, 0.2) is 0 Å². The van der Waals surface area contributed by atoms with Gasteiger partial charge >= 0.3 is 0 Å². The van der Waals surface area contributed by atoms with E-state index in [2.05, 4.69) is 4.52 Å². The summed E-state index contributed by atoms with van der Waals surface area (Å²) in [5, 5.41) is 8.21. The van der Waals surface area contributed by atoms with E-state index < -0.39 is 7.82 Å². The van der Waals surface area contributed by atoms with Crippen LogP contribution in [0, 0.1) is 0 Å². The molecule has 0 bridgehead atoms. The highest BCUT2D eigenvalue weighted by atomic mass is 31.2. The molecule has 1 N–H and O–H groups in total. The molecule has 0 unspecified atom stereocenters. The Morgan fingerprint density at radius 1 is 1.40 bits per heavy atom. The number of phosphoric acid groups is 1. The number of rotatable bonds is 5. The Bertz CT molecular complexity index is 119. The van der Waals surface area contributed by atoms with Gasteiger partial charge < -0.3 is 24.0 Å². The maximum atomic E-state index is 9.78. The number of hydrogen-bond acceptors (Lipinski definition) is 5. The third-order valence-corrected chi connectivity index (χ3v) is 1.30. The fourth-order valence-corrected chi connectivity index (χ4v) is 0.743. The van der Waals surface area contributed by atoms with Crippen molar-refractivity contribution in [3.63, 3.8) is 0 Å². The van der Waals surface area contributed by atoms with E-state index in [9.17, 15) is 14.4 Å². The number of unbranched alkanes of at least 4 members (excludes halogenated alkanes) is 1. The van der Waals surface area contributed by atoms with E-state index in [0.29, 0.717) is 12.8 Å². The Morgan fingerprint density at radius 2 is 2.00 bits per heavy atom. The molecule has 0 radical (unpaired) electrons. The molecule has 10 heavy (non-hydrogen) atoms. The molecular formula is C4H9O5P-2. The van der Waals surface area contributed by atoms with Crippen LogP contribution in [-0.2, 0) is 9.09 Å². The zero-order valence-electron chi connectivity index (χ0n) is 5.36. The van der Waals surface area contributed by atoms with Crippen LogP contribution >= 0.6 is 7.82 Å². The van der Waals surface area contributed by atoms with Gasteiger partial charge in [-0.15, -0.1) is 0 Å². The lowest BCUT2D eigenvalue weighted by atomic mass is 10.3. The van der Waals surface area contributed by atoms with Crippen molar-refractivity contribution < 1.29 is 24.0 Å². The van der Waals surface area contributed by atoms with E-state index in [1.54, 1.807) is 0 Å². The monoisotopic (exact) mass is 168 g/mol. The lowest BCUT2D eigenvalue weighted by Gasteiger charge is -2.28. The minimum atomic E-state index is -4.79. The fraction of sp³-hybridized carbons (Fsp3) is 1.00. The number of phosphoric ester groups is 1. The summed E-state index contributed by atoms with van der Waals surface area (Å²) >= 11 is 0. The highest BCUT2D eigenvalue weighted by Gasteiger charge is 1.90. The van der Waals surface area contributed by atoms with Crippen LogP contribution in [-0.4, -0.2) is 18.3 Å². The molecular weight excluding hydrogens is 159 g/mol. The molecule has 5 nitrogen and oxygen atoms in total. The third-order valence-electron chi connectivity index (χ3n) is 0.802. The second-order valence-electron chi connectivity index (χ2n) is 1.71. The Kier molecular flexibility index (Phi) is 4.85. The van der Waals surface area contributed by atoms with Crippen LogP contribution in [0.5, 0.6) is 0 Å². The topological polar surface area (TPSA) is 92.7 Å². The Morgan fingerprint density at radius 3 is 2.40 bits per heavy atom. The summed E-state index contributed by atoms with van der Waals surface area (Å²) < 4.78 is 13.6.